The number of rotatable bonds is 6. The molecule has 140 valence electrons. The third-order valence-electron chi connectivity index (χ3n) is 4.18. The number of hydrogen-bond donors (Lipinski definition) is 0. The highest BCUT2D eigenvalue weighted by molar-refractivity contribution is 6.06. The van der Waals surface area contributed by atoms with Gasteiger partial charge in [0, 0.05) is 5.56 Å². The Balaban J connectivity index is 1.62. The van der Waals surface area contributed by atoms with Gasteiger partial charge in [-0.1, -0.05) is 35.9 Å². The number of carbonyl (C=O) groups is 2. The molecule has 0 aromatic heterocycles. The van der Waals surface area contributed by atoms with Gasteiger partial charge >= 0.3 is 5.97 Å². The van der Waals surface area contributed by atoms with Crippen molar-refractivity contribution >= 4 is 17.8 Å². The summed E-state index contributed by atoms with van der Waals surface area (Å²) in [6.45, 7) is 1.95. The molecule has 4 heteroatoms. The summed E-state index contributed by atoms with van der Waals surface area (Å²) in [5, 5.41) is 0. The molecule has 0 aliphatic carbocycles. The van der Waals surface area contributed by atoms with E-state index in [0.717, 1.165) is 16.9 Å². The molecular formula is C24H20O4. The number of allylic oxidation sites excluding steroid dienone is 1. The molecule has 0 radical (unpaired) electrons. The van der Waals surface area contributed by atoms with E-state index in [-0.39, 0.29) is 5.78 Å². The van der Waals surface area contributed by atoms with Crippen LogP contribution in [0.2, 0.25) is 0 Å². The third kappa shape index (κ3) is 4.95. The fourth-order valence-electron chi connectivity index (χ4n) is 2.53. The molecule has 0 aliphatic heterocycles. The molecule has 0 amide bonds. The lowest BCUT2D eigenvalue weighted by Gasteiger charge is -2.05. The molecule has 4 nitrogen and oxygen atoms in total. The molecule has 0 atom stereocenters. The summed E-state index contributed by atoms with van der Waals surface area (Å²) in [5.41, 5.74) is 2.97. The Morgan fingerprint density at radius 2 is 1.32 bits per heavy atom. The van der Waals surface area contributed by atoms with Crippen LogP contribution >= 0.6 is 0 Å². The number of benzene rings is 3. The van der Waals surface area contributed by atoms with Crippen molar-refractivity contribution in [2.24, 2.45) is 0 Å². The van der Waals surface area contributed by atoms with Crippen LogP contribution in [0.25, 0.3) is 6.08 Å². The van der Waals surface area contributed by atoms with Gasteiger partial charge in [0.05, 0.1) is 12.7 Å². The minimum absolute atomic E-state index is 0.132. The van der Waals surface area contributed by atoms with Gasteiger partial charge in [-0.25, -0.2) is 4.79 Å². The molecule has 0 bridgehead atoms. The van der Waals surface area contributed by atoms with Gasteiger partial charge in [0.1, 0.15) is 11.5 Å². The summed E-state index contributed by atoms with van der Waals surface area (Å²) in [5.74, 6) is 0.589. The molecule has 3 aromatic rings. The van der Waals surface area contributed by atoms with E-state index in [1.54, 1.807) is 49.6 Å². The van der Waals surface area contributed by atoms with Gasteiger partial charge in [0.25, 0.3) is 0 Å². The summed E-state index contributed by atoms with van der Waals surface area (Å²) < 4.78 is 10.5. The molecule has 0 unspecified atom stereocenters. The van der Waals surface area contributed by atoms with Crippen LogP contribution in [-0.2, 0) is 0 Å². The number of ether oxygens (including phenoxy) is 2. The van der Waals surface area contributed by atoms with Gasteiger partial charge in [0.15, 0.2) is 5.78 Å². The number of aryl methyl sites for hydroxylation is 1. The van der Waals surface area contributed by atoms with E-state index in [0.29, 0.717) is 16.9 Å². The second kappa shape index (κ2) is 8.82. The van der Waals surface area contributed by atoms with E-state index < -0.39 is 5.97 Å². The third-order valence-corrected chi connectivity index (χ3v) is 4.18. The van der Waals surface area contributed by atoms with E-state index in [2.05, 4.69) is 0 Å². The van der Waals surface area contributed by atoms with Crippen LogP contribution in [0, 0.1) is 6.92 Å². The first-order valence-electron chi connectivity index (χ1n) is 8.80. The van der Waals surface area contributed by atoms with Crippen LogP contribution in [0.4, 0.5) is 0 Å². The lowest BCUT2D eigenvalue weighted by atomic mass is 10.1. The van der Waals surface area contributed by atoms with E-state index in [4.69, 9.17) is 9.47 Å². The van der Waals surface area contributed by atoms with E-state index in [9.17, 15) is 9.59 Å². The number of hydrogen-bond acceptors (Lipinski definition) is 4. The summed E-state index contributed by atoms with van der Waals surface area (Å²) in [4.78, 5) is 24.4. The average molecular weight is 372 g/mol. The van der Waals surface area contributed by atoms with Crippen LogP contribution in [0.1, 0.15) is 31.8 Å². The zero-order valence-electron chi connectivity index (χ0n) is 15.7. The quantitative estimate of drug-likeness (QED) is 0.261. The summed E-state index contributed by atoms with van der Waals surface area (Å²) >= 11 is 0. The van der Waals surface area contributed by atoms with E-state index in [1.165, 1.54) is 6.08 Å². The Labute approximate surface area is 164 Å². The highest BCUT2D eigenvalue weighted by Crippen LogP contribution is 2.16. The van der Waals surface area contributed by atoms with Crippen molar-refractivity contribution in [2.75, 3.05) is 7.11 Å². The lowest BCUT2D eigenvalue weighted by Crippen LogP contribution is -2.08. The number of methoxy groups -OCH3 is 1. The van der Waals surface area contributed by atoms with Gasteiger partial charge in [-0.15, -0.1) is 0 Å². The van der Waals surface area contributed by atoms with Crippen molar-refractivity contribution in [1.82, 2.24) is 0 Å². The van der Waals surface area contributed by atoms with Gasteiger partial charge in [-0.3, -0.25) is 4.79 Å². The molecule has 0 saturated heterocycles. The summed E-state index contributed by atoms with van der Waals surface area (Å²) in [7, 11) is 1.61. The highest BCUT2D eigenvalue weighted by atomic mass is 16.5. The van der Waals surface area contributed by atoms with Crippen LogP contribution in [0.15, 0.2) is 78.9 Å². The van der Waals surface area contributed by atoms with Crippen LogP contribution in [0.5, 0.6) is 11.5 Å². The normalized spacial score (nSPS) is 10.6. The predicted octanol–water partition coefficient (Wildman–Crippen LogP) is 5.12. The van der Waals surface area contributed by atoms with Gasteiger partial charge in [-0.2, -0.15) is 0 Å². The van der Waals surface area contributed by atoms with Crippen molar-refractivity contribution in [3.05, 3.63) is 101 Å². The second-order valence-corrected chi connectivity index (χ2v) is 6.25. The molecule has 28 heavy (non-hydrogen) atoms. The zero-order chi connectivity index (χ0) is 19.9. The lowest BCUT2D eigenvalue weighted by molar-refractivity contribution is 0.0734. The predicted molar refractivity (Wildman–Crippen MR) is 109 cm³/mol. The van der Waals surface area contributed by atoms with Crippen molar-refractivity contribution in [1.29, 1.82) is 0 Å². The maximum atomic E-state index is 12.3. The highest BCUT2D eigenvalue weighted by Gasteiger charge is 2.09. The Kier molecular flexibility index (Phi) is 6.02. The van der Waals surface area contributed by atoms with E-state index >= 15 is 0 Å². The molecular weight excluding hydrogens is 352 g/mol. The summed E-state index contributed by atoms with van der Waals surface area (Å²) in [6, 6.07) is 21.1. The number of esters is 1. The van der Waals surface area contributed by atoms with Crippen LogP contribution < -0.4 is 9.47 Å². The SMILES string of the molecule is COc1ccc(/C=C/C(=O)c2ccc(OC(=O)c3ccc(C)cc3)cc2)cc1. The molecule has 0 heterocycles. The summed E-state index contributed by atoms with van der Waals surface area (Å²) in [6.07, 6.45) is 3.25. The van der Waals surface area contributed by atoms with Gasteiger partial charge in [0.2, 0.25) is 0 Å². The molecule has 0 aliphatic rings. The Bertz CT molecular complexity index is 982. The zero-order valence-corrected chi connectivity index (χ0v) is 15.7. The van der Waals surface area contributed by atoms with Crippen molar-refractivity contribution in [2.45, 2.75) is 6.92 Å². The molecule has 0 saturated carbocycles. The van der Waals surface area contributed by atoms with Crippen LogP contribution in [-0.4, -0.2) is 18.9 Å². The maximum Gasteiger partial charge on any atom is 0.343 e. The minimum atomic E-state index is -0.432. The molecule has 3 aromatic carbocycles. The number of ketones is 1. The van der Waals surface area contributed by atoms with E-state index in [1.807, 2.05) is 43.3 Å². The van der Waals surface area contributed by atoms with Gasteiger partial charge < -0.3 is 9.47 Å². The monoisotopic (exact) mass is 372 g/mol. The topological polar surface area (TPSA) is 52.6 Å². The Morgan fingerprint density at radius 3 is 1.93 bits per heavy atom. The Morgan fingerprint density at radius 1 is 0.750 bits per heavy atom. The van der Waals surface area contributed by atoms with Crippen LogP contribution in [0.3, 0.4) is 0 Å². The van der Waals surface area contributed by atoms with Gasteiger partial charge in [-0.05, 0) is 67.1 Å². The second-order valence-electron chi connectivity index (χ2n) is 6.25. The molecule has 0 N–H and O–H groups in total. The van der Waals surface area contributed by atoms with Crippen molar-refractivity contribution in [3.63, 3.8) is 0 Å². The van der Waals surface area contributed by atoms with Crippen molar-refractivity contribution < 1.29 is 19.1 Å². The first-order chi connectivity index (χ1) is 13.5. The number of carbonyl (C=O) groups excluding carboxylic acids is 2. The minimum Gasteiger partial charge on any atom is -0.497 e. The molecule has 0 fully saturated rings. The van der Waals surface area contributed by atoms with Crippen molar-refractivity contribution in [3.8, 4) is 11.5 Å². The first kappa shape index (κ1) is 19.1. The standard InChI is InChI=1S/C24H20O4/c1-17-3-8-20(9-4-17)24(26)28-22-14-10-19(11-15-22)23(25)16-7-18-5-12-21(27-2)13-6-18/h3-16H,1-2H3/b16-7+. The largest absolute Gasteiger partial charge is 0.497 e. The average Bonchev–Trinajstić information content (AvgIpc) is 2.73. The fourth-order valence-corrected chi connectivity index (χ4v) is 2.53. The fraction of sp³-hybridized carbons (Fsp3) is 0.0833. The first-order valence-corrected chi connectivity index (χ1v) is 8.80. The molecule has 0 spiro atoms. The maximum absolute atomic E-state index is 12.3. The Hall–Kier alpha value is -3.66. The smallest absolute Gasteiger partial charge is 0.343 e. The molecule has 3 rings (SSSR count).